The first-order valence-electron chi connectivity index (χ1n) is 8.06. The molecule has 5 nitrogen and oxygen atoms in total. The van der Waals surface area contributed by atoms with E-state index in [4.69, 9.17) is 5.73 Å². The third-order valence-corrected chi connectivity index (χ3v) is 5.61. The Morgan fingerprint density at radius 2 is 2.22 bits per heavy atom. The van der Waals surface area contributed by atoms with Gasteiger partial charge in [-0.25, -0.2) is 0 Å². The molecular weight excluding hydrogens is 358 g/mol. The number of nitrogens with two attached hydrogens (primary N) is 1. The van der Waals surface area contributed by atoms with Crippen LogP contribution >= 0.6 is 15.9 Å². The van der Waals surface area contributed by atoms with E-state index < -0.39 is 0 Å². The number of nitrogens with zero attached hydrogens (tertiary/aromatic N) is 1. The number of anilines is 1. The van der Waals surface area contributed by atoms with Gasteiger partial charge in [-0.2, -0.15) is 0 Å². The van der Waals surface area contributed by atoms with Gasteiger partial charge in [0.1, 0.15) is 0 Å². The fourth-order valence-corrected chi connectivity index (χ4v) is 3.34. The van der Waals surface area contributed by atoms with Gasteiger partial charge < -0.3 is 16.0 Å². The van der Waals surface area contributed by atoms with Crippen LogP contribution in [0.2, 0.25) is 0 Å². The molecular formula is C17H22BrN3O2. The van der Waals surface area contributed by atoms with Gasteiger partial charge in [-0.3, -0.25) is 9.59 Å². The molecule has 1 saturated carbocycles. The highest BCUT2D eigenvalue weighted by Crippen LogP contribution is 2.33. The Labute approximate surface area is 144 Å². The molecule has 1 aliphatic heterocycles. The van der Waals surface area contributed by atoms with Crippen LogP contribution in [0.1, 0.15) is 24.8 Å². The van der Waals surface area contributed by atoms with Gasteiger partial charge in [-0.05, 0) is 49.4 Å². The van der Waals surface area contributed by atoms with Crippen molar-refractivity contribution in [2.24, 2.45) is 17.6 Å². The summed E-state index contributed by atoms with van der Waals surface area (Å²) in [4.78, 5) is 26.4. The van der Waals surface area contributed by atoms with Gasteiger partial charge in [0.15, 0.2) is 0 Å². The van der Waals surface area contributed by atoms with Crippen molar-refractivity contribution in [3.8, 4) is 0 Å². The number of halogens is 1. The minimum absolute atomic E-state index is 0.00240. The Kier molecular flexibility index (Phi) is 4.73. The van der Waals surface area contributed by atoms with Crippen LogP contribution < -0.4 is 16.0 Å². The summed E-state index contributed by atoms with van der Waals surface area (Å²) in [7, 11) is 0. The molecule has 23 heavy (non-hydrogen) atoms. The van der Waals surface area contributed by atoms with Gasteiger partial charge in [-0.1, -0.05) is 15.9 Å². The molecule has 3 rings (SSSR count). The number of carbonyl (C=O) groups is 2. The maximum atomic E-state index is 12.4. The van der Waals surface area contributed by atoms with E-state index in [1.54, 1.807) is 4.90 Å². The normalized spacial score (nSPS) is 22.3. The molecule has 2 fully saturated rings. The lowest BCUT2D eigenvalue weighted by Crippen LogP contribution is -2.45. The van der Waals surface area contributed by atoms with Crippen molar-refractivity contribution in [3.05, 3.63) is 28.2 Å². The SMILES string of the molecule is Cc1cc(N2CC(C(=O)NC(CN)C3CC3)CC2=O)ccc1Br. The predicted octanol–water partition coefficient (Wildman–Crippen LogP) is 1.96. The molecule has 0 aromatic heterocycles. The average molecular weight is 380 g/mol. The van der Waals surface area contributed by atoms with Crippen molar-refractivity contribution in [1.82, 2.24) is 5.32 Å². The molecule has 0 bridgehead atoms. The molecule has 2 unspecified atom stereocenters. The topological polar surface area (TPSA) is 75.4 Å². The summed E-state index contributed by atoms with van der Waals surface area (Å²) in [6.45, 7) is 2.89. The van der Waals surface area contributed by atoms with E-state index in [9.17, 15) is 9.59 Å². The van der Waals surface area contributed by atoms with E-state index in [0.717, 1.165) is 28.6 Å². The molecule has 6 heteroatoms. The predicted molar refractivity (Wildman–Crippen MR) is 93.0 cm³/mol. The lowest BCUT2D eigenvalue weighted by atomic mass is 10.1. The Balaban J connectivity index is 1.66. The van der Waals surface area contributed by atoms with Crippen LogP contribution in [0, 0.1) is 18.8 Å². The van der Waals surface area contributed by atoms with Gasteiger partial charge in [0.25, 0.3) is 0 Å². The zero-order chi connectivity index (χ0) is 16.6. The molecule has 1 saturated heterocycles. The largest absolute Gasteiger partial charge is 0.352 e. The van der Waals surface area contributed by atoms with Crippen LogP contribution in [-0.4, -0.2) is 30.9 Å². The first-order chi connectivity index (χ1) is 11.0. The molecule has 1 aromatic carbocycles. The Bertz CT molecular complexity index is 630. The third-order valence-electron chi connectivity index (χ3n) is 4.72. The van der Waals surface area contributed by atoms with Crippen molar-refractivity contribution in [2.75, 3.05) is 18.0 Å². The summed E-state index contributed by atoms with van der Waals surface area (Å²) in [5.74, 6) is 0.185. The van der Waals surface area contributed by atoms with Crippen molar-refractivity contribution in [1.29, 1.82) is 0 Å². The van der Waals surface area contributed by atoms with Gasteiger partial charge in [-0.15, -0.1) is 0 Å². The average Bonchev–Trinajstić information content (AvgIpc) is 3.29. The summed E-state index contributed by atoms with van der Waals surface area (Å²) >= 11 is 3.46. The summed E-state index contributed by atoms with van der Waals surface area (Å²) in [5.41, 5.74) is 7.66. The van der Waals surface area contributed by atoms with E-state index in [1.165, 1.54) is 0 Å². The van der Waals surface area contributed by atoms with E-state index >= 15 is 0 Å². The highest BCUT2D eigenvalue weighted by molar-refractivity contribution is 9.10. The standard InChI is InChI=1S/C17H22BrN3O2/c1-10-6-13(4-5-14(10)18)21-9-12(7-16(21)22)17(23)20-15(8-19)11-2-3-11/h4-6,11-12,15H,2-3,7-9,19H2,1H3,(H,20,23). The number of hydrogen-bond acceptors (Lipinski definition) is 3. The summed E-state index contributed by atoms with van der Waals surface area (Å²) < 4.78 is 1.01. The third kappa shape index (κ3) is 3.58. The number of hydrogen-bond donors (Lipinski definition) is 2. The lowest BCUT2D eigenvalue weighted by molar-refractivity contribution is -0.127. The molecule has 0 radical (unpaired) electrons. The smallest absolute Gasteiger partial charge is 0.227 e. The molecule has 1 aromatic rings. The van der Waals surface area contributed by atoms with Crippen LogP contribution in [0.5, 0.6) is 0 Å². The number of carbonyl (C=O) groups excluding carboxylic acids is 2. The second kappa shape index (κ2) is 6.61. The van der Waals surface area contributed by atoms with Gasteiger partial charge in [0, 0.05) is 35.7 Å². The molecule has 1 heterocycles. The molecule has 1 aliphatic carbocycles. The van der Waals surface area contributed by atoms with E-state index in [-0.39, 0.29) is 30.2 Å². The van der Waals surface area contributed by atoms with Crippen molar-refractivity contribution in [3.63, 3.8) is 0 Å². The molecule has 3 N–H and O–H groups in total. The van der Waals surface area contributed by atoms with Crippen LogP contribution in [0.15, 0.2) is 22.7 Å². The minimum Gasteiger partial charge on any atom is -0.352 e. The number of benzene rings is 1. The number of aryl methyl sites for hydroxylation is 1. The van der Waals surface area contributed by atoms with Crippen molar-refractivity contribution >= 4 is 33.4 Å². The molecule has 0 spiro atoms. The molecule has 2 atom stereocenters. The van der Waals surface area contributed by atoms with E-state index in [2.05, 4.69) is 21.2 Å². The fourth-order valence-electron chi connectivity index (χ4n) is 3.10. The van der Waals surface area contributed by atoms with Crippen molar-refractivity contribution < 1.29 is 9.59 Å². The van der Waals surface area contributed by atoms with Crippen LogP contribution in [0.3, 0.4) is 0 Å². The van der Waals surface area contributed by atoms with Crippen molar-refractivity contribution in [2.45, 2.75) is 32.2 Å². The number of nitrogens with one attached hydrogen (secondary N) is 1. The minimum atomic E-state index is -0.292. The fraction of sp³-hybridized carbons (Fsp3) is 0.529. The molecule has 2 aliphatic rings. The van der Waals surface area contributed by atoms with Crippen LogP contribution in [0.4, 0.5) is 5.69 Å². The second-order valence-corrected chi connectivity index (χ2v) is 7.38. The maximum absolute atomic E-state index is 12.4. The zero-order valence-electron chi connectivity index (χ0n) is 13.2. The van der Waals surface area contributed by atoms with Gasteiger partial charge in [0.05, 0.1) is 5.92 Å². The lowest BCUT2D eigenvalue weighted by Gasteiger charge is -2.20. The Hall–Kier alpha value is -1.40. The quantitative estimate of drug-likeness (QED) is 0.820. The van der Waals surface area contributed by atoms with Gasteiger partial charge in [0.2, 0.25) is 11.8 Å². The Morgan fingerprint density at radius 1 is 1.48 bits per heavy atom. The Morgan fingerprint density at radius 3 is 2.83 bits per heavy atom. The van der Waals surface area contributed by atoms with Crippen LogP contribution in [0.25, 0.3) is 0 Å². The first-order valence-corrected chi connectivity index (χ1v) is 8.86. The van der Waals surface area contributed by atoms with E-state index in [1.807, 2.05) is 25.1 Å². The number of amides is 2. The highest BCUT2D eigenvalue weighted by atomic mass is 79.9. The van der Waals surface area contributed by atoms with Crippen LogP contribution in [-0.2, 0) is 9.59 Å². The summed E-state index contributed by atoms with van der Waals surface area (Å²) in [5, 5.41) is 3.03. The summed E-state index contributed by atoms with van der Waals surface area (Å²) in [6.07, 6.45) is 2.54. The second-order valence-electron chi connectivity index (χ2n) is 6.53. The van der Waals surface area contributed by atoms with Gasteiger partial charge >= 0.3 is 0 Å². The first kappa shape index (κ1) is 16.5. The zero-order valence-corrected chi connectivity index (χ0v) is 14.8. The summed E-state index contributed by atoms with van der Waals surface area (Å²) in [6, 6.07) is 5.86. The maximum Gasteiger partial charge on any atom is 0.227 e. The highest BCUT2D eigenvalue weighted by Gasteiger charge is 2.38. The monoisotopic (exact) mass is 379 g/mol. The van der Waals surface area contributed by atoms with E-state index in [0.29, 0.717) is 19.0 Å². The number of rotatable bonds is 5. The molecule has 124 valence electrons. The molecule has 2 amide bonds.